The number of cyclic esters (lactones) is 1. The van der Waals surface area contributed by atoms with Crippen LogP contribution in [0.2, 0.25) is 0 Å². The molecule has 0 spiro atoms. The Morgan fingerprint density at radius 1 is 1.48 bits per heavy atom. The Kier molecular flexibility index (Phi) is 3.76. The van der Waals surface area contributed by atoms with Crippen molar-refractivity contribution in [2.75, 3.05) is 18.0 Å². The fourth-order valence-electron chi connectivity index (χ4n) is 3.72. The van der Waals surface area contributed by atoms with Crippen molar-refractivity contribution in [2.45, 2.75) is 25.5 Å². The first-order chi connectivity index (χ1) is 11.9. The van der Waals surface area contributed by atoms with Gasteiger partial charge in [0.1, 0.15) is 11.9 Å². The van der Waals surface area contributed by atoms with Gasteiger partial charge >= 0.3 is 6.09 Å². The number of hydrogen-bond donors (Lipinski definition) is 2. The lowest BCUT2D eigenvalue weighted by Gasteiger charge is -2.15. The van der Waals surface area contributed by atoms with Gasteiger partial charge in [0.2, 0.25) is 5.91 Å². The molecule has 4 atom stereocenters. The molecule has 132 valence electrons. The average Bonchev–Trinajstić information content (AvgIpc) is 2.95. The summed E-state index contributed by atoms with van der Waals surface area (Å²) in [4.78, 5) is 24.4. The summed E-state index contributed by atoms with van der Waals surface area (Å²) in [6, 6.07) is 5.03. The first-order valence-corrected chi connectivity index (χ1v) is 8.43. The summed E-state index contributed by atoms with van der Waals surface area (Å²) < 4.78 is 19.8. The van der Waals surface area contributed by atoms with Gasteiger partial charge in [0.25, 0.3) is 0 Å². The molecule has 0 radical (unpaired) electrons. The highest BCUT2D eigenvalue weighted by Gasteiger charge is 2.50. The van der Waals surface area contributed by atoms with E-state index in [0.717, 1.165) is 12.0 Å². The molecule has 3 N–H and O–H groups in total. The minimum atomic E-state index is -0.533. The SMILES string of the molecule is CC(=O)NC[C@H]1CN(c2ccc(C3=C[C@@H]4[C@H](N)[C@H]4C3)c(F)c2)C(=O)O1. The van der Waals surface area contributed by atoms with Crippen LogP contribution >= 0.6 is 0 Å². The van der Waals surface area contributed by atoms with Crippen LogP contribution in [0.1, 0.15) is 18.9 Å². The van der Waals surface area contributed by atoms with Gasteiger partial charge in [-0.15, -0.1) is 0 Å². The number of amides is 2. The quantitative estimate of drug-likeness (QED) is 0.869. The van der Waals surface area contributed by atoms with Crippen molar-refractivity contribution in [3.63, 3.8) is 0 Å². The van der Waals surface area contributed by atoms with Gasteiger partial charge in [-0.2, -0.15) is 0 Å². The summed E-state index contributed by atoms with van der Waals surface area (Å²) in [5, 5.41) is 2.61. The van der Waals surface area contributed by atoms with E-state index in [1.54, 1.807) is 12.1 Å². The number of hydrogen-bond acceptors (Lipinski definition) is 4. The van der Waals surface area contributed by atoms with Crippen LogP contribution in [0.5, 0.6) is 0 Å². The third-order valence-electron chi connectivity index (χ3n) is 5.20. The zero-order chi connectivity index (χ0) is 17.7. The van der Waals surface area contributed by atoms with Gasteiger partial charge in [0.15, 0.2) is 0 Å². The molecule has 0 unspecified atom stereocenters. The number of nitrogens with zero attached hydrogens (tertiary/aromatic N) is 1. The lowest BCUT2D eigenvalue weighted by Crippen LogP contribution is -2.33. The number of nitrogens with one attached hydrogen (secondary N) is 1. The molecule has 2 aliphatic carbocycles. The van der Waals surface area contributed by atoms with Gasteiger partial charge in [0, 0.05) is 18.5 Å². The molecule has 0 aromatic heterocycles. The summed E-state index contributed by atoms with van der Waals surface area (Å²) in [5.74, 6) is 0.304. The van der Waals surface area contributed by atoms with E-state index >= 15 is 0 Å². The molecule has 1 aliphatic heterocycles. The van der Waals surface area contributed by atoms with E-state index < -0.39 is 12.2 Å². The molecule has 2 fully saturated rings. The zero-order valence-electron chi connectivity index (χ0n) is 13.9. The van der Waals surface area contributed by atoms with Crippen molar-refractivity contribution in [3.8, 4) is 0 Å². The number of allylic oxidation sites excluding steroid dienone is 1. The number of ether oxygens (including phenoxy) is 1. The summed E-state index contributed by atoms with van der Waals surface area (Å²) in [6.45, 7) is 1.92. The van der Waals surface area contributed by atoms with Gasteiger partial charge in [-0.3, -0.25) is 9.69 Å². The highest BCUT2D eigenvalue weighted by molar-refractivity contribution is 5.90. The van der Waals surface area contributed by atoms with Gasteiger partial charge in [-0.25, -0.2) is 9.18 Å². The summed E-state index contributed by atoms with van der Waals surface area (Å²) >= 11 is 0. The third-order valence-corrected chi connectivity index (χ3v) is 5.20. The maximum absolute atomic E-state index is 14.6. The molecule has 1 aromatic carbocycles. The first kappa shape index (κ1) is 16.1. The van der Waals surface area contributed by atoms with E-state index in [1.807, 2.05) is 0 Å². The van der Waals surface area contributed by atoms with Crippen molar-refractivity contribution in [1.82, 2.24) is 5.32 Å². The Balaban J connectivity index is 1.47. The Bertz CT molecular complexity index is 779. The van der Waals surface area contributed by atoms with E-state index in [-0.39, 0.29) is 30.9 Å². The monoisotopic (exact) mass is 345 g/mol. The van der Waals surface area contributed by atoms with E-state index in [4.69, 9.17) is 10.5 Å². The molecule has 1 heterocycles. The molecule has 3 aliphatic rings. The maximum atomic E-state index is 14.6. The fourth-order valence-corrected chi connectivity index (χ4v) is 3.72. The van der Waals surface area contributed by atoms with Crippen LogP contribution in [-0.4, -0.2) is 37.2 Å². The topological polar surface area (TPSA) is 84.7 Å². The molecular formula is C18H20FN3O3. The Labute approximate surface area is 144 Å². The standard InChI is InChI=1S/C18H20FN3O3/c1-9(23)21-7-12-8-22(18(24)25-12)11-2-3-13(16(19)6-11)10-4-14-15(5-10)17(14)20/h2-4,6,12,14-15,17H,5,7-8,20H2,1H3,(H,21,23)/t12-,14-,15-,17-/m0/s1. The van der Waals surface area contributed by atoms with Crippen molar-refractivity contribution in [2.24, 2.45) is 17.6 Å². The van der Waals surface area contributed by atoms with Gasteiger partial charge in [-0.1, -0.05) is 6.08 Å². The Morgan fingerprint density at radius 2 is 2.28 bits per heavy atom. The number of carbonyl (C=O) groups excluding carboxylic acids is 2. The van der Waals surface area contributed by atoms with Gasteiger partial charge < -0.3 is 15.8 Å². The highest BCUT2D eigenvalue weighted by Crippen LogP contribution is 2.52. The average molecular weight is 345 g/mol. The molecule has 1 saturated carbocycles. The minimum absolute atomic E-state index is 0.187. The zero-order valence-corrected chi connectivity index (χ0v) is 13.9. The van der Waals surface area contributed by atoms with Crippen molar-refractivity contribution < 1.29 is 18.7 Å². The van der Waals surface area contributed by atoms with Crippen molar-refractivity contribution in [3.05, 3.63) is 35.7 Å². The Hall–Kier alpha value is -2.41. The number of rotatable bonds is 4. The molecule has 4 rings (SSSR count). The normalized spacial score (nSPS) is 30.0. The smallest absolute Gasteiger partial charge is 0.414 e. The van der Waals surface area contributed by atoms with Crippen LogP contribution in [0.4, 0.5) is 14.9 Å². The second kappa shape index (κ2) is 5.84. The lowest BCUT2D eigenvalue weighted by atomic mass is 10.0. The highest BCUT2D eigenvalue weighted by atomic mass is 19.1. The van der Waals surface area contributed by atoms with Crippen LogP contribution in [0.25, 0.3) is 5.57 Å². The number of carbonyl (C=O) groups is 2. The second-order valence-corrected chi connectivity index (χ2v) is 6.93. The van der Waals surface area contributed by atoms with Crippen LogP contribution < -0.4 is 16.0 Å². The minimum Gasteiger partial charge on any atom is -0.442 e. The molecule has 25 heavy (non-hydrogen) atoms. The molecule has 0 bridgehead atoms. The van der Waals surface area contributed by atoms with Crippen molar-refractivity contribution >= 4 is 23.3 Å². The number of nitrogens with two attached hydrogens (primary N) is 1. The lowest BCUT2D eigenvalue weighted by molar-refractivity contribution is -0.119. The summed E-state index contributed by atoms with van der Waals surface area (Å²) in [6.07, 6.45) is 1.91. The van der Waals surface area contributed by atoms with Crippen LogP contribution in [0.3, 0.4) is 0 Å². The molecule has 2 amide bonds. The molecule has 7 heteroatoms. The van der Waals surface area contributed by atoms with E-state index in [1.165, 1.54) is 17.9 Å². The first-order valence-electron chi connectivity index (χ1n) is 8.43. The van der Waals surface area contributed by atoms with Crippen LogP contribution in [0, 0.1) is 17.7 Å². The number of benzene rings is 1. The summed E-state index contributed by atoms with van der Waals surface area (Å²) in [7, 11) is 0. The fraction of sp³-hybridized carbons (Fsp3) is 0.444. The van der Waals surface area contributed by atoms with E-state index in [9.17, 15) is 14.0 Å². The molecule has 1 aromatic rings. The van der Waals surface area contributed by atoms with Crippen LogP contribution in [0.15, 0.2) is 24.3 Å². The predicted octanol–water partition coefficient (Wildman–Crippen LogP) is 1.65. The molecular weight excluding hydrogens is 325 g/mol. The third kappa shape index (κ3) is 2.89. The second-order valence-electron chi connectivity index (χ2n) is 6.93. The largest absolute Gasteiger partial charge is 0.442 e. The molecule has 1 saturated heterocycles. The summed E-state index contributed by atoms with van der Waals surface area (Å²) in [5.41, 5.74) is 7.93. The number of halogens is 1. The van der Waals surface area contributed by atoms with Gasteiger partial charge in [0.05, 0.1) is 18.8 Å². The maximum Gasteiger partial charge on any atom is 0.414 e. The van der Waals surface area contributed by atoms with E-state index in [2.05, 4.69) is 11.4 Å². The number of anilines is 1. The van der Waals surface area contributed by atoms with Crippen LogP contribution in [-0.2, 0) is 9.53 Å². The van der Waals surface area contributed by atoms with E-state index in [0.29, 0.717) is 23.1 Å². The molecule has 6 nitrogen and oxygen atoms in total. The van der Waals surface area contributed by atoms with Crippen molar-refractivity contribution in [1.29, 1.82) is 0 Å². The number of fused-ring (bicyclic) bond motifs is 1. The predicted molar refractivity (Wildman–Crippen MR) is 90.2 cm³/mol. The Morgan fingerprint density at radius 3 is 2.92 bits per heavy atom. The van der Waals surface area contributed by atoms with Gasteiger partial charge in [-0.05, 0) is 42.0 Å².